The van der Waals surface area contributed by atoms with Gasteiger partial charge in [-0.15, -0.1) is 0 Å². The zero-order valence-electron chi connectivity index (χ0n) is 14.9. The van der Waals surface area contributed by atoms with Gasteiger partial charge < -0.3 is 14.6 Å². The summed E-state index contributed by atoms with van der Waals surface area (Å²) in [4.78, 5) is 0. The lowest BCUT2D eigenvalue weighted by Crippen LogP contribution is -2.42. The molecule has 0 aromatic rings. The maximum Gasteiger partial charge on any atom is 0.219 e. The fourth-order valence-corrected chi connectivity index (χ4v) is 5.10. The highest BCUT2D eigenvalue weighted by atomic mass is 16.7. The zero-order valence-corrected chi connectivity index (χ0v) is 14.9. The first-order valence-electron chi connectivity index (χ1n) is 9.22. The van der Waals surface area contributed by atoms with Crippen molar-refractivity contribution in [2.45, 2.75) is 83.7 Å². The third kappa shape index (κ3) is 2.20. The van der Waals surface area contributed by atoms with Crippen LogP contribution in [-0.2, 0) is 9.47 Å². The van der Waals surface area contributed by atoms with Crippen LogP contribution >= 0.6 is 0 Å². The Morgan fingerprint density at radius 1 is 1.17 bits per heavy atom. The van der Waals surface area contributed by atoms with Crippen molar-refractivity contribution in [2.24, 2.45) is 11.3 Å². The van der Waals surface area contributed by atoms with Gasteiger partial charge in [-0.1, -0.05) is 25.5 Å². The SMILES string of the molecule is C/C1=C/CC[C@@]2(C)O[C@H]2[C@@]2(O)OCC3=C2CC[C@@H](C)[C@]3(C)CC1. The Kier molecular flexibility index (Phi) is 3.40. The van der Waals surface area contributed by atoms with Gasteiger partial charge in [0.25, 0.3) is 0 Å². The third-order valence-electron chi connectivity index (χ3n) is 7.25. The smallest absolute Gasteiger partial charge is 0.219 e. The first kappa shape index (κ1) is 15.9. The number of hydrogen-bond donors (Lipinski definition) is 1. The van der Waals surface area contributed by atoms with Crippen LogP contribution in [-0.4, -0.2) is 29.2 Å². The maximum atomic E-state index is 11.3. The van der Waals surface area contributed by atoms with Crippen LogP contribution < -0.4 is 0 Å². The van der Waals surface area contributed by atoms with Crippen LogP contribution in [0.2, 0.25) is 0 Å². The molecule has 0 spiro atoms. The highest BCUT2D eigenvalue weighted by molar-refractivity contribution is 5.38. The van der Waals surface area contributed by atoms with Crippen molar-refractivity contribution >= 4 is 0 Å². The molecule has 1 saturated heterocycles. The molecular formula is C20H30O3. The number of rotatable bonds is 0. The number of ether oxygens (including phenoxy) is 2. The Morgan fingerprint density at radius 2 is 1.96 bits per heavy atom. The lowest BCUT2D eigenvalue weighted by atomic mass is 9.62. The molecule has 0 saturated carbocycles. The molecule has 2 heterocycles. The topological polar surface area (TPSA) is 42.0 Å². The summed E-state index contributed by atoms with van der Waals surface area (Å²) >= 11 is 0. The number of allylic oxidation sites excluding steroid dienone is 2. The second kappa shape index (κ2) is 4.93. The summed E-state index contributed by atoms with van der Waals surface area (Å²) in [5, 5.41) is 11.3. The summed E-state index contributed by atoms with van der Waals surface area (Å²) in [6.45, 7) is 9.70. The molecule has 0 aromatic carbocycles. The highest BCUT2D eigenvalue weighted by Gasteiger charge is 2.67. The normalized spacial score (nSPS) is 52.1. The number of fused-ring (bicyclic) bond motifs is 2. The molecule has 2 aliphatic heterocycles. The van der Waals surface area contributed by atoms with Crippen molar-refractivity contribution in [1.29, 1.82) is 0 Å². The van der Waals surface area contributed by atoms with Gasteiger partial charge in [0.05, 0.1) is 12.2 Å². The monoisotopic (exact) mass is 318 g/mol. The third-order valence-corrected chi connectivity index (χ3v) is 7.25. The van der Waals surface area contributed by atoms with E-state index in [1.807, 2.05) is 0 Å². The van der Waals surface area contributed by atoms with Crippen molar-refractivity contribution in [3.8, 4) is 0 Å². The van der Waals surface area contributed by atoms with Crippen LogP contribution in [0.1, 0.15) is 66.2 Å². The number of aliphatic hydroxyl groups is 1. The molecule has 5 atom stereocenters. The molecule has 3 heteroatoms. The van der Waals surface area contributed by atoms with E-state index in [9.17, 15) is 5.11 Å². The Morgan fingerprint density at radius 3 is 2.74 bits per heavy atom. The predicted molar refractivity (Wildman–Crippen MR) is 89.9 cm³/mol. The van der Waals surface area contributed by atoms with Crippen LogP contribution in [0.15, 0.2) is 22.8 Å². The molecule has 0 unspecified atom stereocenters. The molecule has 128 valence electrons. The molecule has 0 radical (unpaired) electrons. The second-order valence-electron chi connectivity index (χ2n) is 8.70. The van der Waals surface area contributed by atoms with Gasteiger partial charge in [0.2, 0.25) is 5.79 Å². The van der Waals surface area contributed by atoms with Gasteiger partial charge in [-0.25, -0.2) is 0 Å². The fourth-order valence-electron chi connectivity index (χ4n) is 5.10. The maximum absolute atomic E-state index is 11.3. The standard InChI is InChI=1S/C20H30O3/c1-13-6-5-10-19(4)17(23-19)20(21)15-8-7-14(2)18(3,11-9-13)16(15)12-22-20/h6,14,17,21H,5,7-12H2,1-4H3/b13-6-/t14-,17-,18+,19-,20+/m1/s1. The summed E-state index contributed by atoms with van der Waals surface area (Å²) in [5.41, 5.74) is 3.89. The first-order chi connectivity index (χ1) is 10.8. The number of epoxide rings is 1. The van der Waals surface area contributed by atoms with Gasteiger partial charge in [-0.05, 0) is 74.9 Å². The Labute approximate surface area is 139 Å². The molecule has 23 heavy (non-hydrogen) atoms. The van der Waals surface area contributed by atoms with E-state index in [-0.39, 0.29) is 17.1 Å². The van der Waals surface area contributed by atoms with Crippen molar-refractivity contribution < 1.29 is 14.6 Å². The lowest BCUT2D eigenvalue weighted by Gasteiger charge is -2.42. The van der Waals surface area contributed by atoms with Crippen LogP contribution in [0.25, 0.3) is 0 Å². The van der Waals surface area contributed by atoms with E-state index in [0.717, 1.165) is 44.1 Å². The van der Waals surface area contributed by atoms with Gasteiger partial charge >= 0.3 is 0 Å². The van der Waals surface area contributed by atoms with E-state index < -0.39 is 5.79 Å². The molecule has 3 nitrogen and oxygen atoms in total. The summed E-state index contributed by atoms with van der Waals surface area (Å²) in [5.74, 6) is -0.543. The fraction of sp³-hybridized carbons (Fsp3) is 0.800. The average Bonchev–Trinajstić information content (AvgIpc) is 3.05. The van der Waals surface area contributed by atoms with Gasteiger partial charge in [0, 0.05) is 0 Å². The summed E-state index contributed by atoms with van der Waals surface area (Å²) < 4.78 is 12.0. The van der Waals surface area contributed by atoms with Crippen molar-refractivity contribution in [3.63, 3.8) is 0 Å². The minimum atomic E-state index is -1.18. The second-order valence-corrected chi connectivity index (χ2v) is 8.70. The quantitative estimate of drug-likeness (QED) is 0.540. The summed E-state index contributed by atoms with van der Waals surface area (Å²) in [6.07, 6.45) is 8.51. The van der Waals surface area contributed by atoms with Crippen LogP contribution in [0, 0.1) is 11.3 Å². The molecule has 4 aliphatic rings. The van der Waals surface area contributed by atoms with Crippen molar-refractivity contribution in [3.05, 3.63) is 22.8 Å². The van der Waals surface area contributed by atoms with E-state index in [0.29, 0.717) is 12.5 Å². The molecule has 1 N–H and O–H groups in total. The van der Waals surface area contributed by atoms with E-state index in [2.05, 4.69) is 33.8 Å². The summed E-state index contributed by atoms with van der Waals surface area (Å²) in [7, 11) is 0. The Bertz CT molecular complexity index is 592. The van der Waals surface area contributed by atoms with Crippen LogP contribution in [0.4, 0.5) is 0 Å². The largest absolute Gasteiger partial charge is 0.360 e. The predicted octanol–water partition coefficient (Wildman–Crippen LogP) is 4.12. The summed E-state index contributed by atoms with van der Waals surface area (Å²) in [6, 6.07) is 0. The molecule has 0 amide bonds. The molecule has 4 bridgehead atoms. The molecular weight excluding hydrogens is 288 g/mol. The van der Waals surface area contributed by atoms with Crippen LogP contribution in [0.3, 0.4) is 0 Å². The zero-order chi connectivity index (χ0) is 16.5. The molecule has 0 aromatic heterocycles. The first-order valence-corrected chi connectivity index (χ1v) is 9.22. The Balaban J connectivity index is 1.79. The lowest BCUT2D eigenvalue weighted by molar-refractivity contribution is -0.169. The van der Waals surface area contributed by atoms with Crippen LogP contribution in [0.5, 0.6) is 0 Å². The average molecular weight is 318 g/mol. The van der Waals surface area contributed by atoms with Crippen molar-refractivity contribution in [2.75, 3.05) is 6.61 Å². The van der Waals surface area contributed by atoms with E-state index in [1.54, 1.807) is 0 Å². The minimum Gasteiger partial charge on any atom is -0.360 e. The van der Waals surface area contributed by atoms with Gasteiger partial charge in [-0.2, -0.15) is 0 Å². The van der Waals surface area contributed by atoms with E-state index >= 15 is 0 Å². The molecule has 2 aliphatic carbocycles. The van der Waals surface area contributed by atoms with E-state index in [1.165, 1.54) is 11.1 Å². The van der Waals surface area contributed by atoms with Gasteiger partial charge in [0.1, 0.15) is 6.10 Å². The van der Waals surface area contributed by atoms with Crippen molar-refractivity contribution in [1.82, 2.24) is 0 Å². The minimum absolute atomic E-state index is 0.137. The van der Waals surface area contributed by atoms with Gasteiger partial charge in [0.15, 0.2) is 0 Å². The van der Waals surface area contributed by atoms with Gasteiger partial charge in [-0.3, -0.25) is 0 Å². The number of hydrogen-bond acceptors (Lipinski definition) is 3. The molecule has 4 rings (SSSR count). The highest BCUT2D eigenvalue weighted by Crippen LogP contribution is 2.59. The Hall–Kier alpha value is -0.640. The van der Waals surface area contributed by atoms with E-state index in [4.69, 9.17) is 9.47 Å². The molecule has 1 fully saturated rings.